The molecule has 0 aliphatic carbocycles. The summed E-state index contributed by atoms with van der Waals surface area (Å²) in [6, 6.07) is 4.26. The molecule has 0 saturated heterocycles. The van der Waals surface area contributed by atoms with Crippen LogP contribution in [0.25, 0.3) is 16.5 Å². The summed E-state index contributed by atoms with van der Waals surface area (Å²) >= 11 is 0. The van der Waals surface area contributed by atoms with Crippen molar-refractivity contribution in [3.05, 3.63) is 51.6 Å². The van der Waals surface area contributed by atoms with Gasteiger partial charge in [-0.3, -0.25) is 19.2 Å². The van der Waals surface area contributed by atoms with Crippen LogP contribution in [0.4, 0.5) is 0 Å². The zero-order valence-electron chi connectivity index (χ0n) is 18.0. The quantitative estimate of drug-likeness (QED) is 0.368. The summed E-state index contributed by atoms with van der Waals surface area (Å²) in [6.07, 6.45) is 1.12. The molecule has 2 aromatic rings. The summed E-state index contributed by atoms with van der Waals surface area (Å²) in [5, 5.41) is -0.137. The molecule has 0 radical (unpaired) electrons. The summed E-state index contributed by atoms with van der Waals surface area (Å²) in [5.41, 5.74) is -1.58. The smallest absolute Gasteiger partial charge is 0.338 e. The average molecular weight is 458 g/mol. The maximum absolute atomic E-state index is 13.5. The van der Waals surface area contributed by atoms with Crippen LogP contribution in [-0.4, -0.2) is 37.6 Å². The van der Waals surface area contributed by atoms with E-state index in [1.165, 1.54) is 18.2 Å². The molecule has 0 fully saturated rings. The Hall–Kier alpha value is -4.41. The van der Waals surface area contributed by atoms with Gasteiger partial charge in [0.2, 0.25) is 5.43 Å². The first-order valence-corrected chi connectivity index (χ1v) is 9.43. The second kappa shape index (κ2) is 9.39. The van der Waals surface area contributed by atoms with E-state index in [9.17, 15) is 24.0 Å². The third kappa shape index (κ3) is 4.92. The molecule has 1 aliphatic rings. The van der Waals surface area contributed by atoms with Crippen LogP contribution < -0.4 is 14.9 Å². The van der Waals surface area contributed by atoms with Crippen LogP contribution in [0.5, 0.6) is 11.7 Å². The standard InChI is InChI=1S/C22H18O11/c1-10(23)29-9-13-8-14(20(27)28-4)17-19(26)18-15(30-11(2)24)6-5-7-16(18)32-22(17)33-21(13)31-12(3)25/h5-8H,9H2,1-4H3. The van der Waals surface area contributed by atoms with Crippen molar-refractivity contribution in [1.82, 2.24) is 0 Å². The fourth-order valence-corrected chi connectivity index (χ4v) is 2.96. The molecule has 0 spiro atoms. The Morgan fingerprint density at radius 3 is 2.27 bits per heavy atom. The van der Waals surface area contributed by atoms with Gasteiger partial charge in [-0.15, -0.1) is 0 Å². The van der Waals surface area contributed by atoms with E-state index < -0.39 is 47.8 Å². The van der Waals surface area contributed by atoms with E-state index in [2.05, 4.69) is 0 Å². The first kappa shape index (κ1) is 23.3. The van der Waals surface area contributed by atoms with E-state index in [-0.39, 0.29) is 33.4 Å². The Balaban J connectivity index is 2.35. The van der Waals surface area contributed by atoms with Crippen molar-refractivity contribution in [3.8, 4) is 11.7 Å². The fourth-order valence-electron chi connectivity index (χ4n) is 2.96. The summed E-state index contributed by atoms with van der Waals surface area (Å²) < 4.78 is 31.1. The molecule has 0 N–H and O–H groups in total. The molecule has 0 unspecified atom stereocenters. The Kier molecular flexibility index (Phi) is 6.61. The number of rotatable bonds is 5. The van der Waals surface area contributed by atoms with Crippen molar-refractivity contribution < 1.29 is 47.3 Å². The normalized spacial score (nSPS) is 12.7. The third-order valence-corrected chi connectivity index (χ3v) is 4.21. The molecule has 1 aromatic heterocycles. The lowest BCUT2D eigenvalue weighted by Gasteiger charge is -2.13. The van der Waals surface area contributed by atoms with Crippen molar-refractivity contribution in [3.63, 3.8) is 0 Å². The zero-order valence-corrected chi connectivity index (χ0v) is 18.0. The van der Waals surface area contributed by atoms with Crippen LogP contribution in [0.1, 0.15) is 26.3 Å². The van der Waals surface area contributed by atoms with E-state index in [4.69, 9.17) is 28.1 Å². The first-order valence-electron chi connectivity index (χ1n) is 9.43. The molecule has 1 aromatic carbocycles. The summed E-state index contributed by atoms with van der Waals surface area (Å²) in [4.78, 5) is 60.5. The summed E-state index contributed by atoms with van der Waals surface area (Å²) in [5.74, 6) is -4.15. The van der Waals surface area contributed by atoms with E-state index in [0.717, 1.165) is 34.0 Å². The molecular formula is C22H18O11. The maximum atomic E-state index is 13.5. The number of esters is 4. The molecule has 33 heavy (non-hydrogen) atoms. The van der Waals surface area contributed by atoms with Crippen LogP contribution in [-0.2, 0) is 33.4 Å². The highest BCUT2D eigenvalue weighted by Gasteiger charge is 2.32. The number of carbonyl (C=O) groups is 4. The topological polar surface area (TPSA) is 145 Å². The van der Waals surface area contributed by atoms with Gasteiger partial charge < -0.3 is 28.1 Å². The maximum Gasteiger partial charge on any atom is 0.338 e. The van der Waals surface area contributed by atoms with E-state index in [1.54, 1.807) is 0 Å². The number of carbonyl (C=O) groups excluding carboxylic acids is 4. The van der Waals surface area contributed by atoms with Crippen molar-refractivity contribution in [1.29, 1.82) is 0 Å². The summed E-state index contributed by atoms with van der Waals surface area (Å²) in [7, 11) is 1.09. The Morgan fingerprint density at radius 2 is 1.67 bits per heavy atom. The van der Waals surface area contributed by atoms with Crippen molar-refractivity contribution >= 4 is 40.4 Å². The largest absolute Gasteiger partial charge is 0.465 e. The number of hydrogen-bond donors (Lipinski definition) is 0. The molecule has 1 aliphatic heterocycles. The molecule has 0 saturated carbocycles. The highest BCUT2D eigenvalue weighted by molar-refractivity contribution is 6.18. The van der Waals surface area contributed by atoms with Crippen LogP contribution >= 0.6 is 0 Å². The van der Waals surface area contributed by atoms with E-state index >= 15 is 0 Å². The van der Waals surface area contributed by atoms with Crippen molar-refractivity contribution in [2.24, 2.45) is 0 Å². The van der Waals surface area contributed by atoms with Crippen LogP contribution in [0, 0.1) is 0 Å². The fraction of sp³-hybridized carbons (Fsp3) is 0.227. The predicted molar refractivity (Wildman–Crippen MR) is 110 cm³/mol. The number of methoxy groups -OCH3 is 1. The predicted octanol–water partition coefficient (Wildman–Crippen LogP) is 2.00. The lowest BCUT2D eigenvalue weighted by atomic mass is 10.0. The van der Waals surface area contributed by atoms with Gasteiger partial charge in [0, 0.05) is 20.8 Å². The van der Waals surface area contributed by atoms with Gasteiger partial charge in [0.1, 0.15) is 28.9 Å². The van der Waals surface area contributed by atoms with Gasteiger partial charge in [0.15, 0.2) is 0 Å². The molecule has 11 nitrogen and oxygen atoms in total. The van der Waals surface area contributed by atoms with Crippen molar-refractivity contribution in [2.75, 3.05) is 13.7 Å². The zero-order chi connectivity index (χ0) is 24.3. The molecule has 2 heterocycles. The molecule has 172 valence electrons. The van der Waals surface area contributed by atoms with Gasteiger partial charge >= 0.3 is 35.8 Å². The van der Waals surface area contributed by atoms with Gasteiger partial charge in [-0.2, -0.15) is 0 Å². The second-order valence-corrected chi connectivity index (χ2v) is 6.65. The molecule has 11 heteroatoms. The van der Waals surface area contributed by atoms with E-state index in [0.29, 0.717) is 0 Å². The highest BCUT2D eigenvalue weighted by atomic mass is 16.7. The Bertz CT molecular complexity index is 1290. The minimum Gasteiger partial charge on any atom is -0.465 e. The lowest BCUT2D eigenvalue weighted by Crippen LogP contribution is -2.17. The average Bonchev–Trinajstić information content (AvgIpc) is 2.87. The van der Waals surface area contributed by atoms with Gasteiger partial charge in [-0.1, -0.05) is 6.07 Å². The van der Waals surface area contributed by atoms with Crippen molar-refractivity contribution in [2.45, 2.75) is 20.8 Å². The van der Waals surface area contributed by atoms with Gasteiger partial charge in [0.05, 0.1) is 18.3 Å². The number of hydrogen-bond acceptors (Lipinski definition) is 11. The second-order valence-electron chi connectivity index (χ2n) is 6.65. The first-order chi connectivity index (χ1) is 15.6. The Morgan fingerprint density at radius 1 is 0.970 bits per heavy atom. The lowest BCUT2D eigenvalue weighted by molar-refractivity contribution is -0.141. The van der Waals surface area contributed by atoms with E-state index in [1.807, 2.05) is 0 Å². The minimum atomic E-state index is -0.958. The Labute approximate surface area is 186 Å². The van der Waals surface area contributed by atoms with Gasteiger partial charge in [-0.05, 0) is 18.2 Å². The SMILES string of the molecule is COC(=O)C1=CC(COC(C)=O)=C(OC(C)=O)Oc2oc3cccc(OC(C)=O)c3c(=O)c21. The monoisotopic (exact) mass is 458 g/mol. The number of ether oxygens (including phenoxy) is 5. The van der Waals surface area contributed by atoms with Crippen LogP contribution in [0.3, 0.4) is 0 Å². The van der Waals surface area contributed by atoms with Crippen LogP contribution in [0.2, 0.25) is 0 Å². The molecule has 0 atom stereocenters. The van der Waals surface area contributed by atoms with Crippen LogP contribution in [0.15, 0.2) is 45.0 Å². The van der Waals surface area contributed by atoms with Gasteiger partial charge in [-0.25, -0.2) is 4.79 Å². The molecule has 0 amide bonds. The van der Waals surface area contributed by atoms with Gasteiger partial charge in [0.25, 0.3) is 0 Å². The molecule has 3 rings (SSSR count). The third-order valence-electron chi connectivity index (χ3n) is 4.21. The summed E-state index contributed by atoms with van der Waals surface area (Å²) in [6.45, 7) is 2.94. The highest BCUT2D eigenvalue weighted by Crippen LogP contribution is 2.36. The number of fused-ring (bicyclic) bond motifs is 2. The molecule has 0 bridgehead atoms. The number of benzene rings is 1. The molecular weight excluding hydrogens is 440 g/mol. The minimum absolute atomic E-state index is 0.0349.